The second-order valence-electron chi connectivity index (χ2n) is 7.77. The lowest BCUT2D eigenvalue weighted by molar-refractivity contribution is 0.0491. The number of hydrogen-bond acceptors (Lipinski definition) is 4. The van der Waals surface area contributed by atoms with Crippen LogP contribution in [0.4, 0.5) is 10.6 Å². The van der Waals surface area contributed by atoms with Gasteiger partial charge in [0.1, 0.15) is 5.82 Å². The first-order valence-corrected chi connectivity index (χ1v) is 9.09. The Bertz CT molecular complexity index is 742. The lowest BCUT2D eigenvalue weighted by Crippen LogP contribution is -2.58. The van der Waals surface area contributed by atoms with Crippen LogP contribution in [0.15, 0.2) is 36.4 Å². The molecule has 26 heavy (non-hydrogen) atoms. The van der Waals surface area contributed by atoms with Gasteiger partial charge < -0.3 is 16.6 Å². The summed E-state index contributed by atoms with van der Waals surface area (Å²) in [4.78, 5) is 16.9. The van der Waals surface area contributed by atoms with E-state index in [9.17, 15) is 9.90 Å². The molecule has 0 bridgehead atoms. The van der Waals surface area contributed by atoms with Gasteiger partial charge in [0.05, 0.1) is 11.6 Å². The number of carboxylic acid groups (broad SMARTS) is 1. The molecular weight excluding hydrogens is 328 g/mol. The number of amides is 1. The lowest BCUT2D eigenvalue weighted by Gasteiger charge is -2.44. The number of nitrogens with two attached hydrogens (primary N) is 2. The van der Waals surface area contributed by atoms with E-state index >= 15 is 0 Å². The minimum absolute atomic E-state index is 0.00549. The number of nitrogens with zero attached hydrogens (tertiary/aromatic N) is 2. The summed E-state index contributed by atoms with van der Waals surface area (Å²) in [7, 11) is 0. The summed E-state index contributed by atoms with van der Waals surface area (Å²) in [6, 6.07) is 11.7. The van der Waals surface area contributed by atoms with E-state index in [1.54, 1.807) is 0 Å². The van der Waals surface area contributed by atoms with Crippen molar-refractivity contribution < 1.29 is 9.90 Å². The minimum atomic E-state index is -0.857. The molecule has 1 heterocycles. The molecule has 2 aromatic rings. The van der Waals surface area contributed by atoms with E-state index in [4.69, 9.17) is 11.5 Å². The van der Waals surface area contributed by atoms with Crippen molar-refractivity contribution in [2.75, 3.05) is 5.73 Å². The summed E-state index contributed by atoms with van der Waals surface area (Å²) in [5.41, 5.74) is 12.1. The summed E-state index contributed by atoms with van der Waals surface area (Å²) in [5.74, 6) is 0.573. The second-order valence-corrected chi connectivity index (χ2v) is 7.77. The topological polar surface area (TPSA) is 105 Å². The highest BCUT2D eigenvalue weighted by Gasteiger charge is 2.37. The summed E-state index contributed by atoms with van der Waals surface area (Å²) in [6.07, 6.45) is 3.17. The number of benzene rings is 1. The SMILES string of the molecule is CC(C)(C)N(C(=O)O)[C@H]1CCCC[C@H]1N.Nc1ccc2ccccc2n1. The number of para-hydroxylation sites is 1. The van der Waals surface area contributed by atoms with E-state index in [0.29, 0.717) is 5.82 Å². The van der Waals surface area contributed by atoms with Gasteiger partial charge in [0.15, 0.2) is 0 Å². The molecular formula is C20H30N4O2. The van der Waals surface area contributed by atoms with Crippen LogP contribution in [0.5, 0.6) is 0 Å². The third-order valence-corrected chi connectivity index (χ3v) is 4.66. The van der Waals surface area contributed by atoms with Crippen LogP contribution in [0.2, 0.25) is 0 Å². The molecule has 1 aromatic carbocycles. The molecule has 1 saturated carbocycles. The van der Waals surface area contributed by atoms with Crippen LogP contribution in [-0.2, 0) is 0 Å². The fraction of sp³-hybridized carbons (Fsp3) is 0.500. The number of carbonyl (C=O) groups is 1. The zero-order valence-electron chi connectivity index (χ0n) is 15.9. The average molecular weight is 358 g/mol. The van der Waals surface area contributed by atoms with Crippen molar-refractivity contribution in [1.29, 1.82) is 0 Å². The predicted molar refractivity (Wildman–Crippen MR) is 106 cm³/mol. The fourth-order valence-electron chi connectivity index (χ4n) is 3.47. The van der Waals surface area contributed by atoms with Crippen molar-refractivity contribution in [2.24, 2.45) is 5.73 Å². The molecule has 2 atom stereocenters. The molecule has 5 N–H and O–H groups in total. The van der Waals surface area contributed by atoms with Gasteiger partial charge >= 0.3 is 6.09 Å². The zero-order chi connectivity index (χ0) is 19.3. The summed E-state index contributed by atoms with van der Waals surface area (Å²) >= 11 is 0. The molecule has 0 aliphatic heterocycles. The number of nitrogen functional groups attached to an aromatic ring is 1. The molecule has 1 aliphatic carbocycles. The van der Waals surface area contributed by atoms with Crippen LogP contribution in [0.25, 0.3) is 10.9 Å². The van der Waals surface area contributed by atoms with E-state index < -0.39 is 6.09 Å². The van der Waals surface area contributed by atoms with Crippen LogP contribution < -0.4 is 11.5 Å². The van der Waals surface area contributed by atoms with E-state index in [1.165, 1.54) is 4.90 Å². The molecule has 1 aliphatic rings. The highest BCUT2D eigenvalue weighted by molar-refractivity contribution is 5.79. The Morgan fingerprint density at radius 3 is 2.42 bits per heavy atom. The van der Waals surface area contributed by atoms with Gasteiger partial charge in [0.2, 0.25) is 0 Å². The number of anilines is 1. The first-order chi connectivity index (χ1) is 12.2. The van der Waals surface area contributed by atoms with Gasteiger partial charge in [0, 0.05) is 17.0 Å². The van der Waals surface area contributed by atoms with Gasteiger partial charge in [-0.25, -0.2) is 9.78 Å². The van der Waals surface area contributed by atoms with E-state index in [1.807, 2.05) is 57.2 Å². The zero-order valence-corrected chi connectivity index (χ0v) is 15.9. The Kier molecular flexibility index (Phi) is 6.42. The maximum absolute atomic E-state index is 11.3. The smallest absolute Gasteiger partial charge is 0.408 e. The maximum atomic E-state index is 11.3. The van der Waals surface area contributed by atoms with Gasteiger partial charge in [-0.05, 0) is 51.8 Å². The van der Waals surface area contributed by atoms with Crippen LogP contribution in [0, 0.1) is 0 Å². The number of hydrogen-bond donors (Lipinski definition) is 3. The van der Waals surface area contributed by atoms with E-state index in [2.05, 4.69) is 4.98 Å². The highest BCUT2D eigenvalue weighted by atomic mass is 16.4. The summed E-state index contributed by atoms with van der Waals surface area (Å²) < 4.78 is 0. The van der Waals surface area contributed by atoms with Crippen LogP contribution in [-0.4, -0.2) is 38.7 Å². The van der Waals surface area contributed by atoms with Gasteiger partial charge in [-0.2, -0.15) is 0 Å². The molecule has 0 saturated heterocycles. The van der Waals surface area contributed by atoms with Crippen LogP contribution in [0.3, 0.4) is 0 Å². The molecule has 6 heteroatoms. The minimum Gasteiger partial charge on any atom is -0.465 e. The molecule has 3 rings (SSSR count). The first-order valence-electron chi connectivity index (χ1n) is 9.09. The Morgan fingerprint density at radius 2 is 1.81 bits per heavy atom. The molecule has 0 unspecified atom stereocenters. The summed E-state index contributed by atoms with van der Waals surface area (Å²) in [6.45, 7) is 5.76. The Hall–Kier alpha value is -2.34. The third-order valence-electron chi connectivity index (χ3n) is 4.66. The van der Waals surface area contributed by atoms with Crippen molar-refractivity contribution in [3.05, 3.63) is 36.4 Å². The normalized spacial score (nSPS) is 20.2. The van der Waals surface area contributed by atoms with Gasteiger partial charge in [-0.3, -0.25) is 4.90 Å². The number of pyridine rings is 1. The Balaban J connectivity index is 0.000000195. The Morgan fingerprint density at radius 1 is 1.15 bits per heavy atom. The molecule has 1 fully saturated rings. The second kappa shape index (κ2) is 8.36. The van der Waals surface area contributed by atoms with Crippen molar-refractivity contribution in [3.63, 3.8) is 0 Å². The van der Waals surface area contributed by atoms with Crippen molar-refractivity contribution in [3.8, 4) is 0 Å². The number of fused-ring (bicyclic) bond motifs is 1. The number of rotatable bonds is 1. The van der Waals surface area contributed by atoms with Crippen molar-refractivity contribution in [2.45, 2.75) is 64.1 Å². The first kappa shape index (κ1) is 20.0. The lowest BCUT2D eigenvalue weighted by atomic mass is 9.87. The van der Waals surface area contributed by atoms with Crippen LogP contribution in [0.1, 0.15) is 46.5 Å². The predicted octanol–water partition coefficient (Wildman–Crippen LogP) is 3.85. The third kappa shape index (κ3) is 5.08. The molecule has 0 radical (unpaired) electrons. The van der Waals surface area contributed by atoms with E-state index in [-0.39, 0.29) is 17.6 Å². The van der Waals surface area contributed by atoms with Gasteiger partial charge in [0.25, 0.3) is 0 Å². The summed E-state index contributed by atoms with van der Waals surface area (Å²) in [5, 5.41) is 10.4. The standard InChI is InChI=1S/C11H22N2O2.C9H8N2/c1-11(2,3)13(10(14)15)9-7-5-4-6-8(9)12;10-9-6-5-7-3-1-2-4-8(7)11-9/h8-9H,4-7,12H2,1-3H3,(H,14,15);1-6H,(H2,10,11)/t8-,9+;/m1./s1. The van der Waals surface area contributed by atoms with Crippen molar-refractivity contribution >= 4 is 22.8 Å². The monoisotopic (exact) mass is 358 g/mol. The Labute approximate surface area is 155 Å². The van der Waals surface area contributed by atoms with Gasteiger partial charge in [-0.1, -0.05) is 31.0 Å². The van der Waals surface area contributed by atoms with E-state index in [0.717, 1.165) is 36.6 Å². The van der Waals surface area contributed by atoms with Crippen molar-refractivity contribution in [1.82, 2.24) is 9.88 Å². The largest absolute Gasteiger partial charge is 0.465 e. The molecule has 142 valence electrons. The average Bonchev–Trinajstić information content (AvgIpc) is 2.56. The fourth-order valence-corrected chi connectivity index (χ4v) is 3.47. The molecule has 1 amide bonds. The maximum Gasteiger partial charge on any atom is 0.408 e. The molecule has 0 spiro atoms. The quantitative estimate of drug-likeness (QED) is 0.718. The molecule has 6 nitrogen and oxygen atoms in total. The van der Waals surface area contributed by atoms with Gasteiger partial charge in [-0.15, -0.1) is 0 Å². The van der Waals surface area contributed by atoms with Crippen LogP contribution >= 0.6 is 0 Å². The highest BCUT2D eigenvalue weighted by Crippen LogP contribution is 2.27. The molecule has 1 aromatic heterocycles. The number of aromatic nitrogens is 1.